The van der Waals surface area contributed by atoms with Crippen molar-refractivity contribution in [1.82, 2.24) is 0 Å². The number of rotatable bonds is 20. The van der Waals surface area contributed by atoms with Crippen LogP contribution >= 0.6 is 0 Å². The molecule has 0 aliphatic rings. The molecular formula is C28H58N2+2. The average Bonchev–Trinajstić information content (AvgIpc) is 2.69. The molecule has 2 heteroatoms. The van der Waals surface area contributed by atoms with Gasteiger partial charge in [-0.25, -0.2) is 0 Å². The lowest BCUT2D eigenvalue weighted by Crippen LogP contribution is -2.42. The van der Waals surface area contributed by atoms with Gasteiger partial charge >= 0.3 is 0 Å². The van der Waals surface area contributed by atoms with Crippen LogP contribution in [-0.4, -0.2) is 63.3 Å². The summed E-state index contributed by atoms with van der Waals surface area (Å²) in [5, 5.41) is 0. The number of hydrogen-bond donors (Lipinski definition) is 0. The Morgan fingerprint density at radius 2 is 0.667 bits per heavy atom. The van der Waals surface area contributed by atoms with Crippen molar-refractivity contribution in [1.29, 1.82) is 0 Å². The monoisotopic (exact) mass is 422 g/mol. The van der Waals surface area contributed by atoms with Gasteiger partial charge in [-0.05, 0) is 37.5 Å². The summed E-state index contributed by atoms with van der Waals surface area (Å²) in [6, 6.07) is 0. The summed E-state index contributed by atoms with van der Waals surface area (Å²) < 4.78 is 2.10. The first kappa shape index (κ1) is 29.5. The van der Waals surface area contributed by atoms with Crippen molar-refractivity contribution < 1.29 is 8.97 Å². The van der Waals surface area contributed by atoms with Crippen LogP contribution in [0, 0.1) is 11.8 Å². The lowest BCUT2D eigenvalue weighted by atomic mass is 10.1. The summed E-state index contributed by atoms with van der Waals surface area (Å²) in [6.45, 7) is 9.10. The molecule has 0 fully saturated rings. The van der Waals surface area contributed by atoms with Crippen LogP contribution in [0.25, 0.3) is 0 Å². The molecule has 30 heavy (non-hydrogen) atoms. The molecule has 0 aliphatic carbocycles. The van der Waals surface area contributed by atoms with Crippen LogP contribution in [-0.2, 0) is 0 Å². The predicted octanol–water partition coefficient (Wildman–Crippen LogP) is 7.42. The maximum Gasteiger partial charge on any atom is 0.140 e. The Balaban J connectivity index is 3.79. The topological polar surface area (TPSA) is 0 Å². The highest BCUT2D eigenvalue weighted by Gasteiger charge is 2.14. The predicted molar refractivity (Wildman–Crippen MR) is 137 cm³/mol. The molecule has 0 radical (unpaired) electrons. The fourth-order valence-electron chi connectivity index (χ4n) is 4.05. The molecule has 0 unspecified atom stereocenters. The van der Waals surface area contributed by atoms with Crippen molar-refractivity contribution in [2.75, 3.05) is 54.4 Å². The highest BCUT2D eigenvalue weighted by Crippen LogP contribution is 2.11. The molecule has 0 saturated heterocycles. The van der Waals surface area contributed by atoms with Crippen LogP contribution < -0.4 is 0 Å². The number of unbranched alkanes of at least 4 members (excludes halogenated alkanes) is 14. The van der Waals surface area contributed by atoms with Gasteiger partial charge in [0.25, 0.3) is 0 Å². The van der Waals surface area contributed by atoms with E-state index in [0.717, 1.165) is 22.1 Å². The smallest absolute Gasteiger partial charge is 0.140 e. The van der Waals surface area contributed by atoms with Gasteiger partial charge in [-0.15, -0.1) is 0 Å². The third-order valence-electron chi connectivity index (χ3n) is 6.37. The summed E-state index contributed by atoms with van der Waals surface area (Å²) in [7, 11) is 9.37. The fourth-order valence-corrected chi connectivity index (χ4v) is 4.05. The van der Waals surface area contributed by atoms with Crippen LogP contribution in [0.2, 0.25) is 0 Å². The Morgan fingerprint density at radius 3 is 0.967 bits per heavy atom. The zero-order valence-electron chi connectivity index (χ0n) is 22.0. The van der Waals surface area contributed by atoms with Crippen molar-refractivity contribution in [3.8, 4) is 11.8 Å². The highest BCUT2D eigenvalue weighted by atomic mass is 15.3. The van der Waals surface area contributed by atoms with E-state index in [-0.39, 0.29) is 0 Å². The Morgan fingerprint density at radius 1 is 0.400 bits per heavy atom. The molecule has 0 aliphatic heterocycles. The molecule has 178 valence electrons. The van der Waals surface area contributed by atoms with E-state index in [0.29, 0.717) is 0 Å². The van der Waals surface area contributed by atoms with E-state index in [1.807, 2.05) is 0 Å². The van der Waals surface area contributed by atoms with Crippen LogP contribution in [0.5, 0.6) is 0 Å². The van der Waals surface area contributed by atoms with Gasteiger partial charge in [-0.3, -0.25) is 0 Å². The van der Waals surface area contributed by atoms with Crippen LogP contribution in [0.3, 0.4) is 0 Å². The second-order valence-corrected chi connectivity index (χ2v) is 10.9. The van der Waals surface area contributed by atoms with Gasteiger partial charge in [0.1, 0.15) is 13.1 Å². The second kappa shape index (κ2) is 19.2. The van der Waals surface area contributed by atoms with E-state index in [1.54, 1.807) is 0 Å². The van der Waals surface area contributed by atoms with E-state index < -0.39 is 0 Å². The number of quaternary nitrogens is 2. The lowest BCUT2D eigenvalue weighted by Gasteiger charge is -2.28. The van der Waals surface area contributed by atoms with Crippen molar-refractivity contribution >= 4 is 0 Å². The van der Waals surface area contributed by atoms with E-state index in [4.69, 9.17) is 0 Å². The minimum absolute atomic E-state index is 0.994. The van der Waals surface area contributed by atoms with Gasteiger partial charge in [-0.2, -0.15) is 0 Å². The first-order chi connectivity index (χ1) is 14.3. The highest BCUT2D eigenvalue weighted by molar-refractivity contribution is 4.99. The largest absolute Gasteiger partial charge is 0.318 e. The molecule has 0 rings (SSSR count). The molecular weight excluding hydrogens is 364 g/mol. The zero-order chi connectivity index (χ0) is 22.6. The van der Waals surface area contributed by atoms with E-state index in [2.05, 4.69) is 53.9 Å². The minimum atomic E-state index is 0.994. The number of hydrogen-bond acceptors (Lipinski definition) is 0. The van der Waals surface area contributed by atoms with Crippen molar-refractivity contribution in [3.05, 3.63) is 0 Å². The molecule has 0 atom stereocenters. The van der Waals surface area contributed by atoms with Gasteiger partial charge in [0.2, 0.25) is 0 Å². The molecule has 0 aromatic carbocycles. The van der Waals surface area contributed by atoms with E-state index >= 15 is 0 Å². The Kier molecular flexibility index (Phi) is 18.9. The SMILES string of the molecule is CCCCCCCCCC[N+](C)(C)CC#CC[N+](C)(C)CCCCCCCCCC. The van der Waals surface area contributed by atoms with Gasteiger partial charge < -0.3 is 8.97 Å². The molecule has 0 N–H and O–H groups in total. The first-order valence-electron chi connectivity index (χ1n) is 13.4. The Bertz CT molecular complexity index is 390. The molecule has 0 aromatic rings. The van der Waals surface area contributed by atoms with Gasteiger partial charge in [-0.1, -0.05) is 90.9 Å². The standard InChI is InChI=1S/C28H58N2/c1-7-9-11-13-15-17-19-21-25-29(3,4)27-23-24-28-30(5,6)26-22-20-18-16-14-12-10-8-2/h7-22,25-28H2,1-6H3/q+2. The Hall–Kier alpha value is -0.520. The molecule has 0 aromatic heterocycles. The number of nitrogens with zero attached hydrogens (tertiary/aromatic N) is 2. The quantitative estimate of drug-likeness (QED) is 0.109. The average molecular weight is 423 g/mol. The Labute approximate surface area is 192 Å². The summed E-state index contributed by atoms with van der Waals surface area (Å²) in [6.07, 6.45) is 22.4. The molecule has 0 bridgehead atoms. The van der Waals surface area contributed by atoms with Gasteiger partial charge in [0, 0.05) is 0 Å². The molecule has 0 heterocycles. The maximum atomic E-state index is 3.49. The summed E-state index contributed by atoms with van der Waals surface area (Å²) >= 11 is 0. The normalized spacial score (nSPS) is 12.1. The van der Waals surface area contributed by atoms with Crippen molar-refractivity contribution in [2.24, 2.45) is 0 Å². The van der Waals surface area contributed by atoms with Crippen molar-refractivity contribution in [3.63, 3.8) is 0 Å². The van der Waals surface area contributed by atoms with Crippen LogP contribution in [0.1, 0.15) is 117 Å². The van der Waals surface area contributed by atoms with Crippen LogP contribution in [0.15, 0.2) is 0 Å². The van der Waals surface area contributed by atoms with Gasteiger partial charge in [0.15, 0.2) is 0 Å². The van der Waals surface area contributed by atoms with E-state index in [1.165, 1.54) is 116 Å². The summed E-state index contributed by atoms with van der Waals surface area (Å²) in [5.41, 5.74) is 0. The second-order valence-electron chi connectivity index (χ2n) is 10.9. The molecule has 0 saturated carbocycles. The third-order valence-corrected chi connectivity index (χ3v) is 6.37. The maximum absolute atomic E-state index is 3.49. The third kappa shape index (κ3) is 20.7. The van der Waals surface area contributed by atoms with Crippen molar-refractivity contribution in [2.45, 2.75) is 117 Å². The minimum Gasteiger partial charge on any atom is -0.318 e. The van der Waals surface area contributed by atoms with Crippen LogP contribution in [0.4, 0.5) is 0 Å². The molecule has 2 nitrogen and oxygen atoms in total. The molecule has 0 amide bonds. The zero-order valence-corrected chi connectivity index (χ0v) is 22.0. The van der Waals surface area contributed by atoms with E-state index in [9.17, 15) is 0 Å². The van der Waals surface area contributed by atoms with Gasteiger partial charge in [0.05, 0.1) is 41.3 Å². The fraction of sp³-hybridized carbons (Fsp3) is 0.929. The summed E-state index contributed by atoms with van der Waals surface area (Å²) in [5.74, 6) is 6.99. The lowest BCUT2D eigenvalue weighted by molar-refractivity contribution is -0.885. The molecule has 0 spiro atoms. The first-order valence-corrected chi connectivity index (χ1v) is 13.4. The summed E-state index contributed by atoms with van der Waals surface area (Å²) in [4.78, 5) is 0.